The Labute approximate surface area is 177 Å². The van der Waals surface area contributed by atoms with Crippen molar-refractivity contribution in [3.8, 4) is 0 Å². The maximum atomic E-state index is 13.1. The maximum Gasteiger partial charge on any atom is 0.337 e. The van der Waals surface area contributed by atoms with Crippen LogP contribution in [0.1, 0.15) is 21.7 Å². The molecule has 0 spiro atoms. The Morgan fingerprint density at radius 3 is 2.53 bits per heavy atom. The zero-order valence-electron chi connectivity index (χ0n) is 16.1. The molecule has 150 valence electrons. The highest BCUT2D eigenvalue weighted by molar-refractivity contribution is 8.18. The van der Waals surface area contributed by atoms with E-state index in [9.17, 15) is 9.59 Å². The van der Waals surface area contributed by atoms with Crippen LogP contribution >= 0.6 is 11.8 Å². The molecular formula is C23H18N2O4S. The van der Waals surface area contributed by atoms with Crippen molar-refractivity contribution < 1.29 is 18.7 Å². The van der Waals surface area contributed by atoms with Gasteiger partial charge in [-0.15, -0.1) is 0 Å². The van der Waals surface area contributed by atoms with Crippen LogP contribution in [0, 0.1) is 0 Å². The number of ether oxygens (including phenoxy) is 1. The maximum absolute atomic E-state index is 13.1. The number of esters is 1. The number of nitrogens with zero attached hydrogens (tertiary/aromatic N) is 2. The van der Waals surface area contributed by atoms with E-state index in [4.69, 9.17) is 9.15 Å². The monoisotopic (exact) mass is 418 g/mol. The van der Waals surface area contributed by atoms with E-state index in [0.717, 1.165) is 11.3 Å². The van der Waals surface area contributed by atoms with Gasteiger partial charge >= 0.3 is 5.97 Å². The van der Waals surface area contributed by atoms with E-state index < -0.39 is 5.97 Å². The van der Waals surface area contributed by atoms with Crippen LogP contribution in [-0.4, -0.2) is 29.1 Å². The standard InChI is InChI=1S/C23H18N2O4S/c1-28-22(27)17-11-9-16(10-12-17)14-20-21(26)25(15-19-8-5-13-29-19)23(30-20)24-18-6-3-2-4-7-18/h2-14H,15H2,1H3. The number of rotatable bonds is 5. The molecule has 1 aliphatic rings. The molecule has 1 aromatic heterocycles. The number of amidine groups is 1. The second kappa shape index (κ2) is 8.84. The number of furan rings is 1. The van der Waals surface area contributed by atoms with Gasteiger partial charge in [-0.05, 0) is 59.8 Å². The van der Waals surface area contributed by atoms with E-state index in [-0.39, 0.29) is 5.91 Å². The van der Waals surface area contributed by atoms with Gasteiger partial charge in [0.15, 0.2) is 5.17 Å². The first-order valence-corrected chi connectivity index (χ1v) is 10.0. The van der Waals surface area contributed by atoms with E-state index in [1.165, 1.54) is 18.9 Å². The molecule has 1 amide bonds. The van der Waals surface area contributed by atoms with E-state index in [1.807, 2.05) is 36.4 Å². The first-order valence-electron chi connectivity index (χ1n) is 9.20. The Balaban J connectivity index is 1.64. The number of hydrogen-bond acceptors (Lipinski definition) is 6. The minimum Gasteiger partial charge on any atom is -0.467 e. The summed E-state index contributed by atoms with van der Waals surface area (Å²) < 4.78 is 10.1. The number of methoxy groups -OCH3 is 1. The largest absolute Gasteiger partial charge is 0.467 e. The fourth-order valence-electron chi connectivity index (χ4n) is 2.89. The van der Waals surface area contributed by atoms with Crippen LogP contribution in [0.5, 0.6) is 0 Å². The van der Waals surface area contributed by atoms with E-state index >= 15 is 0 Å². The molecule has 6 nitrogen and oxygen atoms in total. The first kappa shape index (κ1) is 19.7. The summed E-state index contributed by atoms with van der Waals surface area (Å²) in [6.45, 7) is 0.295. The Morgan fingerprint density at radius 1 is 1.10 bits per heavy atom. The predicted molar refractivity (Wildman–Crippen MR) is 116 cm³/mol. The van der Waals surface area contributed by atoms with Gasteiger partial charge in [0, 0.05) is 0 Å². The van der Waals surface area contributed by atoms with Gasteiger partial charge in [-0.1, -0.05) is 30.3 Å². The zero-order chi connectivity index (χ0) is 20.9. The number of amides is 1. The number of carbonyl (C=O) groups excluding carboxylic acids is 2. The number of hydrogen-bond donors (Lipinski definition) is 0. The van der Waals surface area contributed by atoms with Crippen molar-refractivity contribution in [1.29, 1.82) is 0 Å². The molecule has 2 heterocycles. The number of thioether (sulfide) groups is 1. The lowest BCUT2D eigenvalue weighted by Crippen LogP contribution is -2.28. The molecule has 0 N–H and O–H groups in total. The summed E-state index contributed by atoms with van der Waals surface area (Å²) >= 11 is 1.31. The van der Waals surface area contributed by atoms with Crippen LogP contribution in [0.4, 0.5) is 5.69 Å². The van der Waals surface area contributed by atoms with Gasteiger partial charge < -0.3 is 9.15 Å². The van der Waals surface area contributed by atoms with Crippen molar-refractivity contribution in [1.82, 2.24) is 4.90 Å². The van der Waals surface area contributed by atoms with Gasteiger partial charge in [-0.2, -0.15) is 0 Å². The molecule has 30 heavy (non-hydrogen) atoms. The molecule has 1 aliphatic heterocycles. The number of aliphatic imine (C=N–C) groups is 1. The quantitative estimate of drug-likeness (QED) is 0.437. The molecule has 3 aromatic rings. The minimum absolute atomic E-state index is 0.150. The summed E-state index contributed by atoms with van der Waals surface area (Å²) in [6, 6.07) is 20.0. The summed E-state index contributed by atoms with van der Waals surface area (Å²) in [4.78, 5) is 31.5. The minimum atomic E-state index is -0.401. The second-order valence-electron chi connectivity index (χ2n) is 6.42. The molecule has 4 rings (SSSR count). The van der Waals surface area contributed by atoms with Crippen LogP contribution in [0.15, 0.2) is 87.3 Å². The van der Waals surface area contributed by atoms with E-state index in [1.54, 1.807) is 47.6 Å². The van der Waals surface area contributed by atoms with Crippen molar-refractivity contribution >= 4 is 40.6 Å². The molecule has 1 fully saturated rings. The van der Waals surface area contributed by atoms with Crippen LogP contribution in [0.25, 0.3) is 6.08 Å². The first-order chi connectivity index (χ1) is 14.6. The van der Waals surface area contributed by atoms with Crippen LogP contribution in [0.2, 0.25) is 0 Å². The predicted octanol–water partition coefficient (Wildman–Crippen LogP) is 4.87. The molecule has 0 bridgehead atoms. The van der Waals surface area contributed by atoms with Crippen molar-refractivity contribution in [2.45, 2.75) is 6.54 Å². The molecule has 7 heteroatoms. The molecule has 0 atom stereocenters. The van der Waals surface area contributed by atoms with Crippen LogP contribution in [-0.2, 0) is 16.1 Å². The lowest BCUT2D eigenvalue weighted by atomic mass is 10.1. The number of carbonyl (C=O) groups is 2. The highest BCUT2D eigenvalue weighted by atomic mass is 32.2. The van der Waals surface area contributed by atoms with Gasteiger partial charge in [0.25, 0.3) is 5.91 Å². The lowest BCUT2D eigenvalue weighted by Gasteiger charge is -2.13. The molecule has 1 saturated heterocycles. The molecule has 0 aliphatic carbocycles. The second-order valence-corrected chi connectivity index (χ2v) is 7.43. The topological polar surface area (TPSA) is 72.1 Å². The summed E-state index contributed by atoms with van der Waals surface area (Å²) in [5, 5.41) is 0.583. The van der Waals surface area contributed by atoms with Gasteiger partial charge in [0.05, 0.1) is 36.1 Å². The van der Waals surface area contributed by atoms with Crippen molar-refractivity contribution in [2.24, 2.45) is 4.99 Å². The third-order valence-electron chi connectivity index (χ3n) is 4.39. The van der Waals surface area contributed by atoms with E-state index in [0.29, 0.717) is 27.9 Å². The molecule has 0 saturated carbocycles. The Morgan fingerprint density at radius 2 is 1.87 bits per heavy atom. The van der Waals surface area contributed by atoms with Crippen molar-refractivity contribution in [3.63, 3.8) is 0 Å². The Kier molecular flexibility index (Phi) is 5.81. The lowest BCUT2D eigenvalue weighted by molar-refractivity contribution is -0.122. The summed E-state index contributed by atoms with van der Waals surface area (Å²) in [7, 11) is 1.34. The van der Waals surface area contributed by atoms with Gasteiger partial charge in [-0.25, -0.2) is 9.79 Å². The van der Waals surface area contributed by atoms with Crippen LogP contribution in [0.3, 0.4) is 0 Å². The van der Waals surface area contributed by atoms with Crippen molar-refractivity contribution in [2.75, 3.05) is 7.11 Å². The average molecular weight is 418 g/mol. The molecule has 0 radical (unpaired) electrons. The van der Waals surface area contributed by atoms with Gasteiger partial charge in [-0.3, -0.25) is 9.69 Å². The van der Waals surface area contributed by atoms with Crippen LogP contribution < -0.4 is 0 Å². The molecule has 2 aromatic carbocycles. The van der Waals surface area contributed by atoms with E-state index in [2.05, 4.69) is 4.99 Å². The molecular weight excluding hydrogens is 400 g/mol. The fraction of sp³-hybridized carbons (Fsp3) is 0.0870. The highest BCUT2D eigenvalue weighted by Gasteiger charge is 2.34. The summed E-state index contributed by atoms with van der Waals surface area (Å²) in [5.74, 6) is 0.124. The third kappa shape index (κ3) is 4.36. The SMILES string of the molecule is COC(=O)c1ccc(C=C2SC(=Nc3ccccc3)N(Cc3ccco3)C2=O)cc1. The smallest absolute Gasteiger partial charge is 0.337 e. The van der Waals surface area contributed by atoms with Gasteiger partial charge in [0.2, 0.25) is 0 Å². The summed E-state index contributed by atoms with van der Waals surface area (Å²) in [5.41, 5.74) is 2.02. The van der Waals surface area contributed by atoms with Gasteiger partial charge in [0.1, 0.15) is 5.76 Å². The number of para-hydroxylation sites is 1. The molecule has 0 unspecified atom stereocenters. The summed E-state index contributed by atoms with van der Waals surface area (Å²) in [6.07, 6.45) is 3.37. The normalized spacial score (nSPS) is 16.4. The average Bonchev–Trinajstić information content (AvgIpc) is 3.39. The highest BCUT2D eigenvalue weighted by Crippen LogP contribution is 2.35. The Bertz CT molecular complexity index is 1100. The van der Waals surface area contributed by atoms with Crippen molar-refractivity contribution in [3.05, 3.63) is 94.8 Å². The Hall–Kier alpha value is -3.58. The third-order valence-corrected chi connectivity index (χ3v) is 5.40. The zero-order valence-corrected chi connectivity index (χ0v) is 17.0. The fourth-order valence-corrected chi connectivity index (χ4v) is 3.88. The number of benzene rings is 2.